The lowest BCUT2D eigenvalue weighted by Gasteiger charge is -2.17. The summed E-state index contributed by atoms with van der Waals surface area (Å²) in [5.74, 6) is -1.07. The first kappa shape index (κ1) is 16.2. The number of benzene rings is 2. The smallest absolute Gasteiger partial charge is 0.227 e. The minimum atomic E-state index is -0.759. The highest BCUT2D eigenvalue weighted by Gasteiger charge is 2.17. The highest BCUT2D eigenvalue weighted by atomic mass is 19.1. The lowest BCUT2D eigenvalue weighted by molar-refractivity contribution is -0.122. The van der Waals surface area contributed by atoms with Gasteiger partial charge in [-0.1, -0.05) is 36.4 Å². The summed E-state index contributed by atoms with van der Waals surface area (Å²) in [4.78, 5) is 12.1. The van der Waals surface area contributed by atoms with Crippen LogP contribution in [0.15, 0.2) is 48.5 Å². The van der Waals surface area contributed by atoms with Crippen LogP contribution in [-0.2, 0) is 4.79 Å². The van der Waals surface area contributed by atoms with Crippen LogP contribution in [0, 0.1) is 12.7 Å². The molecule has 0 saturated carbocycles. The molecule has 0 radical (unpaired) electrons. The quantitative estimate of drug-likeness (QED) is 0.891. The van der Waals surface area contributed by atoms with Crippen LogP contribution in [0.4, 0.5) is 4.39 Å². The van der Waals surface area contributed by atoms with Crippen LogP contribution in [0.3, 0.4) is 0 Å². The van der Waals surface area contributed by atoms with Gasteiger partial charge in [0.25, 0.3) is 0 Å². The number of amides is 1. The van der Waals surface area contributed by atoms with E-state index in [2.05, 4.69) is 5.32 Å². The summed E-state index contributed by atoms with van der Waals surface area (Å²) < 4.78 is 13.2. The molecular weight excluding hydrogens is 281 g/mol. The molecule has 1 amide bonds. The van der Waals surface area contributed by atoms with E-state index in [9.17, 15) is 14.3 Å². The van der Waals surface area contributed by atoms with Crippen LogP contribution in [0.2, 0.25) is 0 Å². The van der Waals surface area contributed by atoms with Gasteiger partial charge in [0.2, 0.25) is 5.91 Å². The van der Waals surface area contributed by atoms with Gasteiger partial charge in [0.1, 0.15) is 5.82 Å². The summed E-state index contributed by atoms with van der Waals surface area (Å²) in [6, 6.07) is 13.5. The zero-order valence-electron chi connectivity index (χ0n) is 12.7. The number of carbonyl (C=O) groups excluding carboxylic acids is 1. The predicted octanol–water partition coefficient (Wildman–Crippen LogP) is 3.09. The number of halogens is 1. The zero-order valence-corrected chi connectivity index (χ0v) is 12.7. The number of nitrogens with one attached hydrogen (secondary N) is 1. The van der Waals surface area contributed by atoms with Gasteiger partial charge in [-0.2, -0.15) is 0 Å². The number of carbonyl (C=O) groups is 1. The monoisotopic (exact) mass is 301 g/mol. The number of rotatable bonds is 5. The highest BCUT2D eigenvalue weighted by Crippen LogP contribution is 2.18. The van der Waals surface area contributed by atoms with Crippen molar-refractivity contribution < 1.29 is 14.3 Å². The molecule has 2 N–H and O–H groups in total. The summed E-state index contributed by atoms with van der Waals surface area (Å²) in [6.45, 7) is 3.75. The van der Waals surface area contributed by atoms with Crippen molar-refractivity contribution >= 4 is 5.91 Å². The van der Waals surface area contributed by atoms with Crippen molar-refractivity contribution in [1.29, 1.82) is 0 Å². The van der Waals surface area contributed by atoms with Crippen LogP contribution in [0.5, 0.6) is 0 Å². The molecule has 0 fully saturated rings. The Morgan fingerprint density at radius 2 is 1.95 bits per heavy atom. The third-order valence-electron chi connectivity index (χ3n) is 3.76. The number of aliphatic hydroxyl groups excluding tert-OH is 1. The van der Waals surface area contributed by atoms with Crippen LogP contribution in [0.1, 0.15) is 35.6 Å². The van der Waals surface area contributed by atoms with Crippen LogP contribution in [0.25, 0.3) is 0 Å². The normalized spacial score (nSPS) is 13.5. The molecule has 2 aromatic carbocycles. The molecule has 4 heteroatoms. The van der Waals surface area contributed by atoms with E-state index >= 15 is 0 Å². The second kappa shape index (κ2) is 7.18. The van der Waals surface area contributed by atoms with E-state index in [-0.39, 0.29) is 18.3 Å². The maximum atomic E-state index is 13.2. The van der Waals surface area contributed by atoms with Gasteiger partial charge in [0.05, 0.1) is 12.0 Å². The lowest BCUT2D eigenvalue weighted by Crippen LogP contribution is -2.32. The number of hydrogen-bond acceptors (Lipinski definition) is 2. The van der Waals surface area contributed by atoms with E-state index in [1.54, 1.807) is 19.1 Å². The van der Waals surface area contributed by atoms with Gasteiger partial charge in [-0.05, 0) is 42.7 Å². The first-order chi connectivity index (χ1) is 10.5. The third kappa shape index (κ3) is 3.92. The van der Waals surface area contributed by atoms with Gasteiger partial charge < -0.3 is 10.4 Å². The standard InChI is InChI=1S/C18H20FNO2/c1-12-6-3-4-9-16(12)17(21)11-20-18(22)13(2)14-7-5-8-15(19)10-14/h3-10,13,17,21H,11H2,1-2H3,(H,20,22). The third-order valence-corrected chi connectivity index (χ3v) is 3.76. The van der Waals surface area contributed by atoms with Crippen LogP contribution >= 0.6 is 0 Å². The van der Waals surface area contributed by atoms with E-state index < -0.39 is 12.0 Å². The van der Waals surface area contributed by atoms with Crippen LogP contribution < -0.4 is 5.32 Å². The minimum absolute atomic E-state index is 0.128. The second-order valence-corrected chi connectivity index (χ2v) is 5.39. The molecule has 116 valence electrons. The number of aryl methyl sites for hydroxylation is 1. The van der Waals surface area contributed by atoms with Gasteiger partial charge in [-0.15, -0.1) is 0 Å². The summed E-state index contributed by atoms with van der Waals surface area (Å²) in [5.41, 5.74) is 2.38. The molecule has 0 bridgehead atoms. The van der Waals surface area contributed by atoms with E-state index in [1.165, 1.54) is 12.1 Å². The Kier molecular flexibility index (Phi) is 5.28. The molecule has 0 aliphatic heterocycles. The van der Waals surface area contributed by atoms with Crippen molar-refractivity contribution in [3.8, 4) is 0 Å². The van der Waals surface area contributed by atoms with Gasteiger partial charge in [0.15, 0.2) is 0 Å². The van der Waals surface area contributed by atoms with E-state index in [4.69, 9.17) is 0 Å². The van der Waals surface area contributed by atoms with Gasteiger partial charge in [-0.3, -0.25) is 4.79 Å². The topological polar surface area (TPSA) is 49.3 Å². The Hall–Kier alpha value is -2.20. The molecule has 0 saturated heterocycles. The maximum Gasteiger partial charge on any atom is 0.227 e. The summed E-state index contributed by atoms with van der Waals surface area (Å²) >= 11 is 0. The summed E-state index contributed by atoms with van der Waals surface area (Å²) in [5, 5.41) is 12.9. The van der Waals surface area contributed by atoms with Gasteiger partial charge in [-0.25, -0.2) is 4.39 Å². The van der Waals surface area contributed by atoms with Crippen molar-refractivity contribution in [3.63, 3.8) is 0 Å². The van der Waals surface area contributed by atoms with Crippen molar-refractivity contribution in [2.24, 2.45) is 0 Å². The molecule has 0 spiro atoms. The van der Waals surface area contributed by atoms with Crippen LogP contribution in [-0.4, -0.2) is 17.6 Å². The maximum absolute atomic E-state index is 13.2. The molecule has 0 aromatic heterocycles. The molecule has 22 heavy (non-hydrogen) atoms. The zero-order chi connectivity index (χ0) is 16.1. The van der Waals surface area contributed by atoms with Gasteiger partial charge in [0, 0.05) is 6.54 Å². The molecule has 2 atom stereocenters. The predicted molar refractivity (Wildman–Crippen MR) is 84.0 cm³/mol. The molecular formula is C18H20FNO2. The van der Waals surface area contributed by atoms with E-state index in [0.29, 0.717) is 5.56 Å². The minimum Gasteiger partial charge on any atom is -0.387 e. The molecule has 2 aromatic rings. The molecule has 0 aliphatic carbocycles. The Morgan fingerprint density at radius 3 is 2.64 bits per heavy atom. The van der Waals surface area contributed by atoms with Gasteiger partial charge >= 0.3 is 0 Å². The molecule has 0 heterocycles. The second-order valence-electron chi connectivity index (χ2n) is 5.39. The van der Waals surface area contributed by atoms with Crippen molar-refractivity contribution in [2.75, 3.05) is 6.54 Å². The Labute approximate surface area is 129 Å². The van der Waals surface area contributed by atoms with Crippen molar-refractivity contribution in [3.05, 3.63) is 71.0 Å². The summed E-state index contributed by atoms with van der Waals surface area (Å²) in [7, 11) is 0. The van der Waals surface area contributed by atoms with E-state index in [1.807, 2.05) is 31.2 Å². The summed E-state index contributed by atoms with van der Waals surface area (Å²) in [6.07, 6.45) is -0.759. The first-order valence-electron chi connectivity index (χ1n) is 7.26. The number of hydrogen-bond donors (Lipinski definition) is 2. The fourth-order valence-electron chi connectivity index (χ4n) is 2.35. The lowest BCUT2D eigenvalue weighted by atomic mass is 9.99. The van der Waals surface area contributed by atoms with Crippen molar-refractivity contribution in [1.82, 2.24) is 5.32 Å². The fraction of sp³-hybridized carbons (Fsp3) is 0.278. The first-order valence-corrected chi connectivity index (χ1v) is 7.26. The van der Waals surface area contributed by atoms with E-state index in [0.717, 1.165) is 11.1 Å². The number of aliphatic hydroxyl groups is 1. The SMILES string of the molecule is Cc1ccccc1C(O)CNC(=O)C(C)c1cccc(F)c1. The Bertz CT molecular complexity index is 657. The highest BCUT2D eigenvalue weighted by molar-refractivity contribution is 5.83. The largest absolute Gasteiger partial charge is 0.387 e. The molecule has 0 aliphatic rings. The Morgan fingerprint density at radius 1 is 1.23 bits per heavy atom. The van der Waals surface area contributed by atoms with Crippen molar-refractivity contribution in [2.45, 2.75) is 25.9 Å². The molecule has 2 unspecified atom stereocenters. The molecule has 3 nitrogen and oxygen atoms in total. The average molecular weight is 301 g/mol. The average Bonchev–Trinajstić information content (AvgIpc) is 2.52. The Balaban J connectivity index is 1.96. The fourth-order valence-corrected chi connectivity index (χ4v) is 2.35. The molecule has 2 rings (SSSR count).